The number of hydrogen-bond acceptors (Lipinski definition) is 5. The molecule has 28 heavy (non-hydrogen) atoms. The van der Waals surface area contributed by atoms with Crippen LogP contribution in [0, 0.1) is 0 Å². The van der Waals surface area contributed by atoms with Crippen LogP contribution in [0.15, 0.2) is 23.4 Å². The van der Waals surface area contributed by atoms with Gasteiger partial charge in [-0.15, -0.1) is 10.2 Å². The average Bonchev–Trinajstić information content (AvgIpc) is 3.34. The van der Waals surface area contributed by atoms with E-state index < -0.39 is 0 Å². The third kappa shape index (κ3) is 4.69. The summed E-state index contributed by atoms with van der Waals surface area (Å²) >= 11 is 1.64. The molecular formula is C21H30N4O2S. The monoisotopic (exact) mass is 402 g/mol. The van der Waals surface area contributed by atoms with Crippen LogP contribution in [0.4, 0.5) is 0 Å². The fourth-order valence-corrected chi connectivity index (χ4v) is 4.36. The van der Waals surface area contributed by atoms with Crippen molar-refractivity contribution in [2.24, 2.45) is 0 Å². The average molecular weight is 403 g/mol. The highest BCUT2D eigenvalue weighted by molar-refractivity contribution is 7.98. The molecule has 3 rings (SSSR count). The molecule has 1 heterocycles. The molecule has 0 bridgehead atoms. The molecule has 1 aliphatic rings. The van der Waals surface area contributed by atoms with E-state index in [1.54, 1.807) is 23.9 Å². The number of carbonyl (C=O) groups excluding carboxylic acids is 1. The van der Waals surface area contributed by atoms with Crippen molar-refractivity contribution in [1.82, 2.24) is 20.1 Å². The number of aromatic hydroxyl groups is 1. The van der Waals surface area contributed by atoms with Gasteiger partial charge in [0.25, 0.3) is 5.91 Å². The molecule has 7 heteroatoms. The van der Waals surface area contributed by atoms with Crippen molar-refractivity contribution >= 4 is 17.7 Å². The van der Waals surface area contributed by atoms with E-state index in [1.807, 2.05) is 12.3 Å². The van der Waals surface area contributed by atoms with Crippen molar-refractivity contribution in [1.29, 1.82) is 0 Å². The summed E-state index contributed by atoms with van der Waals surface area (Å²) < 4.78 is 2.30. The lowest BCUT2D eigenvalue weighted by Crippen LogP contribution is -2.25. The maximum atomic E-state index is 12.5. The molecule has 2 aromatic rings. The molecule has 0 saturated heterocycles. The first-order valence-corrected chi connectivity index (χ1v) is 11.3. The lowest BCUT2D eigenvalue weighted by molar-refractivity contribution is 0.0950. The summed E-state index contributed by atoms with van der Waals surface area (Å²) in [5, 5.41) is 22.7. The summed E-state index contributed by atoms with van der Waals surface area (Å²) in [6.07, 6.45) is 8.53. The summed E-state index contributed by atoms with van der Waals surface area (Å²) in [5.41, 5.74) is 1.38. The van der Waals surface area contributed by atoms with E-state index in [9.17, 15) is 9.90 Å². The van der Waals surface area contributed by atoms with Gasteiger partial charge in [-0.05, 0) is 49.1 Å². The van der Waals surface area contributed by atoms with Crippen molar-refractivity contribution in [3.63, 3.8) is 0 Å². The lowest BCUT2D eigenvalue weighted by Gasteiger charge is -2.16. The summed E-state index contributed by atoms with van der Waals surface area (Å²) in [6, 6.07) is 5.74. The number of aryl methyl sites for hydroxylation is 1. The van der Waals surface area contributed by atoms with Crippen LogP contribution >= 0.6 is 11.8 Å². The second kappa shape index (κ2) is 9.45. The summed E-state index contributed by atoms with van der Waals surface area (Å²) in [4.78, 5) is 12.5. The van der Waals surface area contributed by atoms with E-state index in [0.717, 1.165) is 29.4 Å². The molecule has 0 radical (unpaired) electrons. The second-order valence-electron chi connectivity index (χ2n) is 7.70. The molecular weight excluding hydrogens is 372 g/mol. The standard InChI is InChI=1S/C21H30N4O2S/c1-14(2)15-10-11-18(26)17(13-15)20(27)22-12-6-9-19-23-24-21(28-3)25(19)16-7-4-5-8-16/h10-11,13-14,16,26H,4-9,12H2,1-3H3,(H,22,27). The number of phenols is 1. The van der Waals surface area contributed by atoms with E-state index in [1.165, 1.54) is 25.7 Å². The summed E-state index contributed by atoms with van der Waals surface area (Å²) in [7, 11) is 0. The van der Waals surface area contributed by atoms with Crippen LogP contribution in [-0.2, 0) is 6.42 Å². The van der Waals surface area contributed by atoms with E-state index in [-0.39, 0.29) is 11.7 Å². The molecule has 1 amide bonds. The molecule has 0 aliphatic heterocycles. The quantitative estimate of drug-likeness (QED) is 0.508. The largest absolute Gasteiger partial charge is 0.507 e. The molecule has 0 spiro atoms. The van der Waals surface area contributed by atoms with Crippen molar-refractivity contribution in [2.75, 3.05) is 12.8 Å². The maximum Gasteiger partial charge on any atom is 0.255 e. The smallest absolute Gasteiger partial charge is 0.255 e. The van der Waals surface area contributed by atoms with Crippen LogP contribution < -0.4 is 5.32 Å². The van der Waals surface area contributed by atoms with Gasteiger partial charge in [0.2, 0.25) is 0 Å². The number of carbonyl (C=O) groups is 1. The minimum Gasteiger partial charge on any atom is -0.507 e. The molecule has 0 unspecified atom stereocenters. The number of aromatic nitrogens is 3. The number of hydrogen-bond donors (Lipinski definition) is 2. The second-order valence-corrected chi connectivity index (χ2v) is 8.48. The fraction of sp³-hybridized carbons (Fsp3) is 0.571. The fourth-order valence-electron chi connectivity index (χ4n) is 3.78. The van der Waals surface area contributed by atoms with Gasteiger partial charge in [0.1, 0.15) is 11.6 Å². The van der Waals surface area contributed by atoms with Gasteiger partial charge in [-0.1, -0.05) is 44.5 Å². The molecule has 1 aliphatic carbocycles. The molecule has 2 N–H and O–H groups in total. The number of amides is 1. The van der Waals surface area contributed by atoms with Crippen LogP contribution in [0.25, 0.3) is 0 Å². The Labute approximate surface area is 171 Å². The third-order valence-electron chi connectivity index (χ3n) is 5.40. The summed E-state index contributed by atoms with van der Waals surface area (Å²) in [6.45, 7) is 4.67. The Morgan fingerprint density at radius 1 is 1.32 bits per heavy atom. The number of nitrogens with zero attached hydrogens (tertiary/aromatic N) is 3. The molecule has 0 atom stereocenters. The molecule has 1 saturated carbocycles. The molecule has 1 aromatic heterocycles. The minimum atomic E-state index is -0.234. The van der Waals surface area contributed by atoms with Crippen LogP contribution in [0.2, 0.25) is 0 Å². The van der Waals surface area contributed by atoms with E-state index in [4.69, 9.17) is 0 Å². The zero-order valence-electron chi connectivity index (χ0n) is 16.9. The van der Waals surface area contributed by atoms with E-state index in [2.05, 4.69) is 33.9 Å². The van der Waals surface area contributed by atoms with E-state index in [0.29, 0.717) is 24.1 Å². The third-order valence-corrected chi connectivity index (χ3v) is 6.05. The number of rotatable bonds is 8. The highest BCUT2D eigenvalue weighted by Gasteiger charge is 2.23. The zero-order chi connectivity index (χ0) is 20.1. The Kier molecular flexibility index (Phi) is 6.99. The predicted molar refractivity (Wildman–Crippen MR) is 112 cm³/mol. The van der Waals surface area contributed by atoms with Crippen molar-refractivity contribution in [3.8, 4) is 5.75 Å². The number of thioether (sulfide) groups is 1. The minimum absolute atomic E-state index is 0.0208. The number of benzene rings is 1. The SMILES string of the molecule is CSc1nnc(CCCNC(=O)c2cc(C(C)C)ccc2O)n1C1CCCC1. The molecule has 6 nitrogen and oxygen atoms in total. The Morgan fingerprint density at radius 2 is 2.07 bits per heavy atom. The maximum absolute atomic E-state index is 12.5. The van der Waals surface area contributed by atoms with Crippen LogP contribution in [0.5, 0.6) is 5.75 Å². The van der Waals surface area contributed by atoms with Crippen LogP contribution in [0.3, 0.4) is 0 Å². The highest BCUT2D eigenvalue weighted by atomic mass is 32.2. The topological polar surface area (TPSA) is 80.0 Å². The molecule has 1 fully saturated rings. The van der Waals surface area contributed by atoms with Gasteiger partial charge in [0.15, 0.2) is 5.16 Å². The van der Waals surface area contributed by atoms with Gasteiger partial charge in [-0.2, -0.15) is 0 Å². The Bertz CT molecular complexity index is 813. The van der Waals surface area contributed by atoms with Gasteiger partial charge in [-0.3, -0.25) is 4.79 Å². The van der Waals surface area contributed by atoms with Gasteiger partial charge in [0.05, 0.1) is 5.56 Å². The van der Waals surface area contributed by atoms with Crippen LogP contribution in [0.1, 0.15) is 79.7 Å². The molecule has 152 valence electrons. The zero-order valence-corrected chi connectivity index (χ0v) is 17.8. The summed E-state index contributed by atoms with van der Waals surface area (Å²) in [5.74, 6) is 1.10. The first kappa shape index (κ1) is 20.7. The Hall–Kier alpha value is -2.02. The lowest BCUT2D eigenvalue weighted by atomic mass is 10.00. The number of nitrogens with one attached hydrogen (secondary N) is 1. The van der Waals surface area contributed by atoms with E-state index >= 15 is 0 Å². The first-order valence-electron chi connectivity index (χ1n) is 10.1. The van der Waals surface area contributed by atoms with Crippen molar-refractivity contribution in [2.45, 2.75) is 69.5 Å². The molecule has 1 aromatic carbocycles. The van der Waals surface area contributed by atoms with Gasteiger partial charge in [-0.25, -0.2) is 0 Å². The number of phenolic OH excluding ortho intramolecular Hbond substituents is 1. The van der Waals surface area contributed by atoms with Crippen LogP contribution in [-0.4, -0.2) is 38.6 Å². The predicted octanol–water partition coefficient (Wildman–Crippen LogP) is 4.31. The van der Waals surface area contributed by atoms with Gasteiger partial charge < -0.3 is 15.0 Å². The Balaban J connectivity index is 1.57. The van der Waals surface area contributed by atoms with Crippen molar-refractivity contribution < 1.29 is 9.90 Å². The first-order chi connectivity index (χ1) is 13.5. The highest BCUT2D eigenvalue weighted by Crippen LogP contribution is 2.33. The normalized spacial score (nSPS) is 14.7. The Morgan fingerprint density at radius 3 is 2.75 bits per heavy atom. The van der Waals surface area contributed by atoms with Crippen molar-refractivity contribution in [3.05, 3.63) is 35.2 Å². The van der Waals surface area contributed by atoms with Gasteiger partial charge >= 0.3 is 0 Å². The van der Waals surface area contributed by atoms with Gasteiger partial charge in [0, 0.05) is 19.0 Å².